The molecule has 2 aromatic carbocycles. The van der Waals surface area contributed by atoms with Crippen LogP contribution in [0.5, 0.6) is 0 Å². The topological polar surface area (TPSA) is 42.0 Å². The molecule has 0 unspecified atom stereocenters. The first kappa shape index (κ1) is 19.4. The maximum Gasteiger partial charge on any atom is 0.244 e. The predicted octanol–water partition coefficient (Wildman–Crippen LogP) is 5.06. The monoisotopic (exact) mass is 382 g/mol. The Hall–Kier alpha value is -3.41. The number of benzene rings is 2. The zero-order chi connectivity index (χ0) is 20.1. The third-order valence-electron chi connectivity index (χ3n) is 4.18. The highest BCUT2D eigenvalue weighted by molar-refractivity contribution is 5.92. The summed E-state index contributed by atoms with van der Waals surface area (Å²) in [5.41, 5.74) is 2.42. The van der Waals surface area contributed by atoms with E-state index < -0.39 is 23.5 Å². The summed E-state index contributed by atoms with van der Waals surface area (Å²) in [6.07, 6.45) is 3.82. The fourth-order valence-electron chi connectivity index (χ4n) is 2.69. The number of carbonyl (C=O) groups is 1. The summed E-state index contributed by atoms with van der Waals surface area (Å²) in [4.78, 5) is 15.8. The van der Waals surface area contributed by atoms with Gasteiger partial charge in [0.2, 0.25) is 11.9 Å². The summed E-state index contributed by atoms with van der Waals surface area (Å²) in [5.74, 6) is -2.19. The zero-order valence-corrected chi connectivity index (χ0v) is 15.0. The number of halogens is 3. The Morgan fingerprint density at radius 1 is 1.04 bits per heavy atom. The Kier molecular flexibility index (Phi) is 5.89. The summed E-state index contributed by atoms with van der Waals surface area (Å²) < 4.78 is 39.8. The van der Waals surface area contributed by atoms with E-state index in [1.165, 1.54) is 18.3 Å². The van der Waals surface area contributed by atoms with Crippen molar-refractivity contribution in [1.82, 2.24) is 10.3 Å². The second kappa shape index (κ2) is 8.52. The average Bonchev–Trinajstić information content (AvgIpc) is 2.69. The molecule has 0 aliphatic rings. The molecule has 1 atom stereocenters. The zero-order valence-electron chi connectivity index (χ0n) is 15.0. The van der Waals surface area contributed by atoms with E-state index in [0.717, 1.165) is 41.0 Å². The molecule has 0 bridgehead atoms. The Morgan fingerprint density at radius 3 is 2.61 bits per heavy atom. The van der Waals surface area contributed by atoms with E-state index in [1.54, 1.807) is 13.0 Å². The summed E-state index contributed by atoms with van der Waals surface area (Å²) >= 11 is 0. The quantitative estimate of drug-likeness (QED) is 0.495. The minimum Gasteiger partial charge on any atom is -0.346 e. The lowest BCUT2D eigenvalue weighted by Crippen LogP contribution is -2.24. The number of nitrogens with one attached hydrogen (secondary N) is 1. The van der Waals surface area contributed by atoms with Crippen molar-refractivity contribution < 1.29 is 18.0 Å². The average molecular weight is 382 g/mol. The second-order valence-electron chi connectivity index (χ2n) is 6.22. The molecule has 142 valence electrons. The lowest BCUT2D eigenvalue weighted by molar-refractivity contribution is -0.117. The normalized spacial score (nSPS) is 12.1. The fraction of sp³-hybridized carbons (Fsp3) is 0.0909. The summed E-state index contributed by atoms with van der Waals surface area (Å²) in [6.45, 7) is 1.80. The van der Waals surface area contributed by atoms with Crippen LogP contribution in [-0.2, 0) is 4.79 Å². The molecule has 1 aromatic heterocycles. The van der Waals surface area contributed by atoms with E-state index in [1.807, 2.05) is 24.3 Å². The minimum atomic E-state index is -0.612. The smallest absolute Gasteiger partial charge is 0.244 e. The van der Waals surface area contributed by atoms with Gasteiger partial charge in [0, 0.05) is 23.4 Å². The van der Waals surface area contributed by atoms with Crippen molar-refractivity contribution in [2.75, 3.05) is 0 Å². The molecule has 0 saturated carbocycles. The van der Waals surface area contributed by atoms with Crippen molar-refractivity contribution in [2.24, 2.45) is 0 Å². The summed E-state index contributed by atoms with van der Waals surface area (Å²) in [7, 11) is 0. The first-order valence-electron chi connectivity index (χ1n) is 8.58. The van der Waals surface area contributed by atoms with E-state index in [4.69, 9.17) is 0 Å². The second-order valence-corrected chi connectivity index (χ2v) is 6.22. The highest BCUT2D eigenvalue weighted by Gasteiger charge is 2.10. The van der Waals surface area contributed by atoms with Crippen molar-refractivity contribution in [1.29, 1.82) is 0 Å². The van der Waals surface area contributed by atoms with E-state index in [2.05, 4.69) is 10.3 Å². The molecular weight excluding hydrogens is 365 g/mol. The largest absolute Gasteiger partial charge is 0.346 e. The van der Waals surface area contributed by atoms with Gasteiger partial charge in [0.05, 0.1) is 6.04 Å². The van der Waals surface area contributed by atoms with Gasteiger partial charge in [-0.2, -0.15) is 4.39 Å². The maximum atomic E-state index is 13.6. The molecule has 1 N–H and O–H groups in total. The molecule has 0 saturated heterocycles. The molecule has 0 aliphatic heterocycles. The van der Waals surface area contributed by atoms with Crippen LogP contribution in [-0.4, -0.2) is 10.9 Å². The number of hydrogen-bond donors (Lipinski definition) is 1. The highest BCUT2D eigenvalue weighted by atomic mass is 19.1. The van der Waals surface area contributed by atoms with Crippen LogP contribution in [0.4, 0.5) is 13.2 Å². The minimum absolute atomic E-state index is 0.00592. The molecule has 1 amide bonds. The lowest BCUT2D eigenvalue weighted by Gasteiger charge is -2.14. The molecule has 3 nitrogen and oxygen atoms in total. The van der Waals surface area contributed by atoms with Gasteiger partial charge in [-0.1, -0.05) is 18.2 Å². The van der Waals surface area contributed by atoms with Gasteiger partial charge < -0.3 is 5.32 Å². The highest BCUT2D eigenvalue weighted by Crippen LogP contribution is 2.23. The van der Waals surface area contributed by atoms with Gasteiger partial charge in [0.1, 0.15) is 11.6 Å². The summed E-state index contributed by atoms with van der Waals surface area (Å²) in [6, 6.07) is 13.0. The molecular formula is C22H17F3N2O. The Labute approximate surface area is 160 Å². The van der Waals surface area contributed by atoms with Crippen molar-refractivity contribution in [3.63, 3.8) is 0 Å². The van der Waals surface area contributed by atoms with Crippen LogP contribution in [0, 0.1) is 17.6 Å². The van der Waals surface area contributed by atoms with Crippen LogP contribution in [0.1, 0.15) is 24.1 Å². The molecule has 0 radical (unpaired) electrons. The maximum absolute atomic E-state index is 13.6. The van der Waals surface area contributed by atoms with Crippen molar-refractivity contribution in [3.05, 3.63) is 95.6 Å². The number of pyridine rings is 1. The van der Waals surface area contributed by atoms with Gasteiger partial charge in [-0.3, -0.25) is 4.79 Å². The van der Waals surface area contributed by atoms with E-state index >= 15 is 0 Å². The number of rotatable bonds is 5. The lowest BCUT2D eigenvalue weighted by atomic mass is 10.0. The number of carbonyl (C=O) groups excluding carboxylic acids is 1. The Balaban J connectivity index is 1.70. The molecule has 6 heteroatoms. The standard InChI is InChI=1S/C22H17F3N2O/c1-14(27-22(28)10-6-17-12-19(23)7-8-20(17)24)15-3-2-4-16(11-15)18-5-9-21(25)26-13-18/h2-14H,1H3,(H,27,28)/t14-/m0/s1. The molecule has 28 heavy (non-hydrogen) atoms. The van der Waals surface area contributed by atoms with Gasteiger partial charge in [-0.15, -0.1) is 0 Å². The summed E-state index contributed by atoms with van der Waals surface area (Å²) in [5, 5.41) is 2.77. The molecule has 3 aromatic rings. The van der Waals surface area contributed by atoms with Gasteiger partial charge in [-0.05, 0) is 60.5 Å². The fourth-order valence-corrected chi connectivity index (χ4v) is 2.69. The van der Waals surface area contributed by atoms with Crippen LogP contribution < -0.4 is 5.32 Å². The van der Waals surface area contributed by atoms with E-state index in [-0.39, 0.29) is 11.6 Å². The van der Waals surface area contributed by atoms with E-state index in [0.29, 0.717) is 0 Å². The first-order valence-corrected chi connectivity index (χ1v) is 8.58. The van der Waals surface area contributed by atoms with Crippen molar-refractivity contribution >= 4 is 12.0 Å². The van der Waals surface area contributed by atoms with Gasteiger partial charge in [0.15, 0.2) is 0 Å². The van der Waals surface area contributed by atoms with Crippen LogP contribution in [0.25, 0.3) is 17.2 Å². The molecule has 0 spiro atoms. The predicted molar refractivity (Wildman–Crippen MR) is 102 cm³/mol. The third kappa shape index (κ3) is 4.85. The van der Waals surface area contributed by atoms with Gasteiger partial charge in [-0.25, -0.2) is 13.8 Å². The van der Waals surface area contributed by atoms with E-state index in [9.17, 15) is 18.0 Å². The van der Waals surface area contributed by atoms with Crippen LogP contribution in [0.3, 0.4) is 0 Å². The van der Waals surface area contributed by atoms with Crippen LogP contribution >= 0.6 is 0 Å². The third-order valence-corrected chi connectivity index (χ3v) is 4.18. The number of nitrogens with zero attached hydrogens (tertiary/aromatic N) is 1. The first-order chi connectivity index (χ1) is 13.4. The van der Waals surface area contributed by atoms with Crippen molar-refractivity contribution in [2.45, 2.75) is 13.0 Å². The van der Waals surface area contributed by atoms with Gasteiger partial charge >= 0.3 is 0 Å². The molecule has 0 fully saturated rings. The van der Waals surface area contributed by atoms with Crippen molar-refractivity contribution in [3.8, 4) is 11.1 Å². The number of hydrogen-bond acceptors (Lipinski definition) is 2. The van der Waals surface area contributed by atoms with Gasteiger partial charge in [0.25, 0.3) is 0 Å². The van der Waals surface area contributed by atoms with Crippen LogP contribution in [0.15, 0.2) is 66.9 Å². The number of amides is 1. The molecule has 1 heterocycles. The molecule has 3 rings (SSSR count). The number of aromatic nitrogens is 1. The SMILES string of the molecule is C[C@H](NC(=O)C=Cc1cc(F)ccc1F)c1cccc(-c2ccc(F)nc2)c1. The molecule has 0 aliphatic carbocycles. The Bertz CT molecular complexity index is 1020. The Morgan fingerprint density at radius 2 is 1.86 bits per heavy atom. The van der Waals surface area contributed by atoms with Crippen LogP contribution in [0.2, 0.25) is 0 Å².